The molecule has 1 fully saturated rings. The summed E-state index contributed by atoms with van der Waals surface area (Å²) in [6, 6.07) is 6.59. The molecule has 1 aliphatic rings. The molecule has 0 amide bonds. The summed E-state index contributed by atoms with van der Waals surface area (Å²) < 4.78 is 0. The first-order valence-electron chi connectivity index (χ1n) is 7.57. The highest BCUT2D eigenvalue weighted by atomic mass is 15.2. The maximum Gasteiger partial charge on any atom is 0.140 e. The molecule has 0 saturated heterocycles. The number of hydrogen-bond acceptors (Lipinski definition) is 4. The number of nitrogens with zero attached hydrogens (tertiary/aromatic N) is 3. The van der Waals surface area contributed by atoms with Crippen molar-refractivity contribution >= 4 is 0 Å². The standard InChI is InChI=1S/C16H24N4/c1-2-20(16-6-4-3-5-14(16)10-17)12-13-7-8-19-15(9-13)11-18/h7-9,14,16H,2-6,10,12,17H2,1H3. The molecule has 0 aliphatic heterocycles. The van der Waals surface area contributed by atoms with Gasteiger partial charge in [0.2, 0.25) is 0 Å². The Morgan fingerprint density at radius 2 is 2.25 bits per heavy atom. The number of nitriles is 1. The summed E-state index contributed by atoms with van der Waals surface area (Å²) in [6.07, 6.45) is 6.83. The summed E-state index contributed by atoms with van der Waals surface area (Å²) in [5.74, 6) is 0.612. The number of rotatable bonds is 5. The Labute approximate surface area is 121 Å². The smallest absolute Gasteiger partial charge is 0.140 e. The maximum absolute atomic E-state index is 8.94. The molecule has 1 saturated carbocycles. The fourth-order valence-corrected chi connectivity index (χ4v) is 3.28. The van der Waals surface area contributed by atoms with Crippen molar-refractivity contribution in [1.29, 1.82) is 5.26 Å². The van der Waals surface area contributed by atoms with E-state index in [0.717, 1.165) is 19.6 Å². The lowest BCUT2D eigenvalue weighted by Crippen LogP contribution is -2.44. The first kappa shape index (κ1) is 15.0. The lowest BCUT2D eigenvalue weighted by atomic mass is 9.83. The maximum atomic E-state index is 8.94. The quantitative estimate of drug-likeness (QED) is 0.893. The molecule has 2 N–H and O–H groups in total. The van der Waals surface area contributed by atoms with E-state index in [0.29, 0.717) is 17.7 Å². The van der Waals surface area contributed by atoms with Gasteiger partial charge in [-0.15, -0.1) is 0 Å². The number of nitrogens with two attached hydrogens (primary N) is 1. The lowest BCUT2D eigenvalue weighted by Gasteiger charge is -2.39. The molecule has 2 rings (SSSR count). The van der Waals surface area contributed by atoms with Gasteiger partial charge in [-0.1, -0.05) is 19.8 Å². The van der Waals surface area contributed by atoms with E-state index in [1.54, 1.807) is 6.20 Å². The van der Waals surface area contributed by atoms with Crippen LogP contribution in [0.15, 0.2) is 18.3 Å². The van der Waals surface area contributed by atoms with Gasteiger partial charge in [-0.2, -0.15) is 5.26 Å². The van der Waals surface area contributed by atoms with E-state index in [1.165, 1.54) is 31.2 Å². The molecule has 2 unspecified atom stereocenters. The number of aromatic nitrogens is 1. The zero-order valence-corrected chi connectivity index (χ0v) is 12.3. The summed E-state index contributed by atoms with van der Waals surface area (Å²) in [7, 11) is 0. The minimum absolute atomic E-state index is 0.498. The van der Waals surface area contributed by atoms with Gasteiger partial charge in [-0.05, 0) is 49.5 Å². The number of pyridine rings is 1. The highest BCUT2D eigenvalue weighted by Gasteiger charge is 2.28. The minimum atomic E-state index is 0.498. The van der Waals surface area contributed by atoms with Crippen LogP contribution in [0.2, 0.25) is 0 Å². The van der Waals surface area contributed by atoms with Crippen molar-refractivity contribution in [2.75, 3.05) is 13.1 Å². The molecule has 0 spiro atoms. The largest absolute Gasteiger partial charge is 0.330 e. The molecule has 2 atom stereocenters. The van der Waals surface area contributed by atoms with Gasteiger partial charge in [0.05, 0.1) is 0 Å². The Bertz CT molecular complexity index is 466. The van der Waals surface area contributed by atoms with Crippen molar-refractivity contribution in [3.05, 3.63) is 29.6 Å². The Hall–Kier alpha value is -1.44. The molecule has 4 nitrogen and oxygen atoms in total. The summed E-state index contributed by atoms with van der Waals surface area (Å²) in [5, 5.41) is 8.94. The van der Waals surface area contributed by atoms with E-state index in [9.17, 15) is 0 Å². The first-order chi connectivity index (χ1) is 9.78. The van der Waals surface area contributed by atoms with Crippen LogP contribution in [0, 0.1) is 17.2 Å². The van der Waals surface area contributed by atoms with Crippen molar-refractivity contribution in [2.45, 2.75) is 45.2 Å². The minimum Gasteiger partial charge on any atom is -0.330 e. The average Bonchev–Trinajstić information content (AvgIpc) is 2.52. The fourth-order valence-electron chi connectivity index (χ4n) is 3.28. The molecule has 0 aromatic carbocycles. The predicted molar refractivity (Wildman–Crippen MR) is 79.8 cm³/mol. The zero-order chi connectivity index (χ0) is 14.4. The van der Waals surface area contributed by atoms with E-state index in [2.05, 4.69) is 22.9 Å². The molecule has 1 aromatic heterocycles. The van der Waals surface area contributed by atoms with Crippen LogP contribution in [0.1, 0.15) is 43.9 Å². The second-order valence-corrected chi connectivity index (χ2v) is 5.57. The van der Waals surface area contributed by atoms with Crippen LogP contribution in [0.5, 0.6) is 0 Å². The summed E-state index contributed by atoms with van der Waals surface area (Å²) in [5.41, 5.74) is 7.61. The third kappa shape index (κ3) is 3.56. The van der Waals surface area contributed by atoms with Crippen LogP contribution in [0.3, 0.4) is 0 Å². The normalized spacial score (nSPS) is 22.7. The van der Waals surface area contributed by atoms with Crippen LogP contribution < -0.4 is 5.73 Å². The van der Waals surface area contributed by atoms with Gasteiger partial charge in [-0.3, -0.25) is 4.90 Å². The van der Waals surface area contributed by atoms with Gasteiger partial charge in [-0.25, -0.2) is 4.98 Å². The Kier molecular flexibility index (Phi) is 5.51. The second kappa shape index (κ2) is 7.37. The van der Waals surface area contributed by atoms with E-state index in [4.69, 9.17) is 11.0 Å². The summed E-state index contributed by atoms with van der Waals surface area (Å²) in [6.45, 7) is 4.88. The molecule has 1 aromatic rings. The predicted octanol–water partition coefficient (Wildman–Crippen LogP) is 2.29. The third-order valence-electron chi connectivity index (χ3n) is 4.37. The van der Waals surface area contributed by atoms with Crippen LogP contribution in [0.25, 0.3) is 0 Å². The molecular formula is C16H24N4. The fraction of sp³-hybridized carbons (Fsp3) is 0.625. The average molecular weight is 272 g/mol. The van der Waals surface area contributed by atoms with Gasteiger partial charge in [0.25, 0.3) is 0 Å². The van der Waals surface area contributed by atoms with Gasteiger partial charge in [0, 0.05) is 18.8 Å². The SMILES string of the molecule is CCN(Cc1ccnc(C#N)c1)C1CCCCC1CN. The van der Waals surface area contributed by atoms with Gasteiger partial charge in [0.15, 0.2) is 0 Å². The molecule has 4 heteroatoms. The molecule has 1 aliphatic carbocycles. The second-order valence-electron chi connectivity index (χ2n) is 5.57. The molecule has 0 bridgehead atoms. The van der Waals surface area contributed by atoms with Crippen LogP contribution in [0.4, 0.5) is 0 Å². The van der Waals surface area contributed by atoms with Gasteiger partial charge in [0.1, 0.15) is 11.8 Å². The third-order valence-corrected chi connectivity index (χ3v) is 4.37. The lowest BCUT2D eigenvalue weighted by molar-refractivity contribution is 0.105. The molecule has 108 valence electrons. The topological polar surface area (TPSA) is 65.9 Å². The van der Waals surface area contributed by atoms with Crippen molar-refractivity contribution in [3.8, 4) is 6.07 Å². The highest BCUT2D eigenvalue weighted by Crippen LogP contribution is 2.28. The van der Waals surface area contributed by atoms with Crippen LogP contribution in [-0.4, -0.2) is 29.0 Å². The Morgan fingerprint density at radius 1 is 1.45 bits per heavy atom. The van der Waals surface area contributed by atoms with Crippen molar-refractivity contribution in [2.24, 2.45) is 11.7 Å². The van der Waals surface area contributed by atoms with Crippen LogP contribution in [-0.2, 0) is 6.54 Å². The van der Waals surface area contributed by atoms with E-state index in [-0.39, 0.29) is 0 Å². The highest BCUT2D eigenvalue weighted by molar-refractivity contribution is 5.25. The molecule has 0 radical (unpaired) electrons. The Morgan fingerprint density at radius 3 is 2.95 bits per heavy atom. The molecular weight excluding hydrogens is 248 g/mol. The summed E-state index contributed by atoms with van der Waals surface area (Å²) in [4.78, 5) is 6.54. The summed E-state index contributed by atoms with van der Waals surface area (Å²) >= 11 is 0. The monoisotopic (exact) mass is 272 g/mol. The molecule has 1 heterocycles. The Balaban J connectivity index is 2.09. The van der Waals surface area contributed by atoms with E-state index < -0.39 is 0 Å². The van der Waals surface area contributed by atoms with Crippen LogP contribution >= 0.6 is 0 Å². The number of hydrogen-bond donors (Lipinski definition) is 1. The molecule has 20 heavy (non-hydrogen) atoms. The first-order valence-corrected chi connectivity index (χ1v) is 7.57. The van der Waals surface area contributed by atoms with Crippen molar-refractivity contribution < 1.29 is 0 Å². The van der Waals surface area contributed by atoms with E-state index in [1.807, 2.05) is 12.1 Å². The van der Waals surface area contributed by atoms with Crippen molar-refractivity contribution in [3.63, 3.8) is 0 Å². The van der Waals surface area contributed by atoms with E-state index >= 15 is 0 Å². The zero-order valence-electron chi connectivity index (χ0n) is 12.3. The van der Waals surface area contributed by atoms with Gasteiger partial charge >= 0.3 is 0 Å². The van der Waals surface area contributed by atoms with Crippen molar-refractivity contribution in [1.82, 2.24) is 9.88 Å². The van der Waals surface area contributed by atoms with Gasteiger partial charge < -0.3 is 5.73 Å².